The molecular formula is C62H118O6. The summed E-state index contributed by atoms with van der Waals surface area (Å²) in [6.45, 7) is 6.68. The first-order chi connectivity index (χ1) is 33.5. The second-order valence-corrected chi connectivity index (χ2v) is 21.0. The van der Waals surface area contributed by atoms with E-state index in [-0.39, 0.29) is 31.1 Å². The van der Waals surface area contributed by atoms with E-state index in [0.717, 1.165) is 57.8 Å². The first-order valence-corrected chi connectivity index (χ1v) is 30.7. The summed E-state index contributed by atoms with van der Waals surface area (Å²) >= 11 is 0. The van der Waals surface area contributed by atoms with Crippen molar-refractivity contribution >= 4 is 17.9 Å². The molecule has 0 aromatic rings. The Labute approximate surface area is 424 Å². The molecule has 6 heteroatoms. The first-order valence-electron chi connectivity index (χ1n) is 30.7. The maximum Gasteiger partial charge on any atom is 0.306 e. The van der Waals surface area contributed by atoms with Crippen molar-refractivity contribution in [2.45, 2.75) is 354 Å². The van der Waals surface area contributed by atoms with Gasteiger partial charge in [-0.1, -0.05) is 296 Å². The number of esters is 3. The Hall–Kier alpha value is -1.85. The Bertz CT molecular complexity index is 1060. The molecule has 0 spiro atoms. The van der Waals surface area contributed by atoms with E-state index in [1.54, 1.807) is 0 Å². The van der Waals surface area contributed by atoms with E-state index in [9.17, 15) is 14.4 Å². The SMILES string of the molecule is CCCCCCCCCC/C=C\CCCCCCCCCCCCCCCCCC(=O)OCC(COC(=O)CCCCCCCCCCC)OC(=O)CCCCCCCCCCCCCCCC. The monoisotopic (exact) mass is 959 g/mol. The number of carbonyl (C=O) groups excluding carboxylic acids is 3. The van der Waals surface area contributed by atoms with E-state index in [0.29, 0.717) is 19.3 Å². The summed E-state index contributed by atoms with van der Waals surface area (Å²) in [6.07, 6.45) is 66.6. The summed E-state index contributed by atoms with van der Waals surface area (Å²) in [5.41, 5.74) is 0. The van der Waals surface area contributed by atoms with Crippen LogP contribution in [-0.4, -0.2) is 37.2 Å². The molecule has 0 aromatic heterocycles. The number of allylic oxidation sites excluding steroid dienone is 2. The Morgan fingerprint density at radius 1 is 0.279 bits per heavy atom. The molecule has 0 amide bonds. The van der Waals surface area contributed by atoms with Gasteiger partial charge in [0.15, 0.2) is 6.10 Å². The molecule has 0 N–H and O–H groups in total. The zero-order valence-electron chi connectivity index (χ0n) is 46.2. The molecule has 0 aliphatic carbocycles. The van der Waals surface area contributed by atoms with Gasteiger partial charge in [0.25, 0.3) is 0 Å². The largest absolute Gasteiger partial charge is 0.462 e. The second-order valence-electron chi connectivity index (χ2n) is 21.0. The predicted octanol–water partition coefficient (Wildman–Crippen LogP) is 20.5. The van der Waals surface area contributed by atoms with Gasteiger partial charge in [-0.3, -0.25) is 14.4 Å². The lowest BCUT2D eigenvalue weighted by atomic mass is 10.0. The van der Waals surface area contributed by atoms with Crippen molar-refractivity contribution in [2.24, 2.45) is 0 Å². The highest BCUT2D eigenvalue weighted by Gasteiger charge is 2.19. The summed E-state index contributed by atoms with van der Waals surface area (Å²) in [7, 11) is 0. The number of rotatable bonds is 57. The van der Waals surface area contributed by atoms with Crippen molar-refractivity contribution in [1.82, 2.24) is 0 Å². The highest BCUT2D eigenvalue weighted by atomic mass is 16.6. The highest BCUT2D eigenvalue weighted by molar-refractivity contribution is 5.71. The summed E-state index contributed by atoms with van der Waals surface area (Å²) < 4.78 is 16.9. The van der Waals surface area contributed by atoms with E-state index < -0.39 is 6.10 Å². The quantitative estimate of drug-likeness (QED) is 0.0262. The van der Waals surface area contributed by atoms with Crippen LogP contribution in [0.2, 0.25) is 0 Å². The average Bonchev–Trinajstić information content (AvgIpc) is 3.34. The van der Waals surface area contributed by atoms with E-state index in [1.165, 1.54) is 250 Å². The molecule has 0 aliphatic heterocycles. The molecule has 1 atom stereocenters. The van der Waals surface area contributed by atoms with Gasteiger partial charge in [-0.25, -0.2) is 0 Å². The van der Waals surface area contributed by atoms with E-state index in [2.05, 4.69) is 32.9 Å². The van der Waals surface area contributed by atoms with Gasteiger partial charge >= 0.3 is 17.9 Å². The second kappa shape index (κ2) is 57.7. The predicted molar refractivity (Wildman–Crippen MR) is 293 cm³/mol. The molecule has 0 saturated carbocycles. The Morgan fingerprint density at radius 2 is 0.485 bits per heavy atom. The summed E-state index contributed by atoms with van der Waals surface area (Å²) in [5, 5.41) is 0. The minimum absolute atomic E-state index is 0.0635. The third-order valence-corrected chi connectivity index (χ3v) is 14.0. The molecule has 0 aliphatic rings. The van der Waals surface area contributed by atoms with Crippen LogP contribution in [0.4, 0.5) is 0 Å². The normalized spacial score (nSPS) is 12.0. The topological polar surface area (TPSA) is 78.9 Å². The van der Waals surface area contributed by atoms with Crippen LogP contribution in [0.15, 0.2) is 12.2 Å². The highest BCUT2D eigenvalue weighted by Crippen LogP contribution is 2.18. The third-order valence-electron chi connectivity index (χ3n) is 14.0. The van der Waals surface area contributed by atoms with Crippen LogP contribution in [-0.2, 0) is 28.6 Å². The zero-order valence-corrected chi connectivity index (χ0v) is 46.2. The maximum atomic E-state index is 12.8. The smallest absolute Gasteiger partial charge is 0.306 e. The van der Waals surface area contributed by atoms with Crippen LogP contribution in [0.3, 0.4) is 0 Å². The van der Waals surface area contributed by atoms with Gasteiger partial charge in [0, 0.05) is 19.3 Å². The lowest BCUT2D eigenvalue weighted by Crippen LogP contribution is -2.30. The van der Waals surface area contributed by atoms with Crippen LogP contribution in [0.5, 0.6) is 0 Å². The van der Waals surface area contributed by atoms with Crippen LogP contribution in [0.25, 0.3) is 0 Å². The minimum Gasteiger partial charge on any atom is -0.462 e. The van der Waals surface area contributed by atoms with Gasteiger partial charge in [-0.2, -0.15) is 0 Å². The third kappa shape index (κ3) is 55.1. The van der Waals surface area contributed by atoms with Gasteiger partial charge in [-0.05, 0) is 44.9 Å². The van der Waals surface area contributed by atoms with Crippen molar-refractivity contribution < 1.29 is 28.6 Å². The fraction of sp³-hybridized carbons (Fsp3) is 0.919. The minimum atomic E-state index is -0.762. The van der Waals surface area contributed by atoms with E-state index in [1.807, 2.05) is 0 Å². The Morgan fingerprint density at radius 3 is 0.735 bits per heavy atom. The molecule has 1 unspecified atom stereocenters. The molecule has 68 heavy (non-hydrogen) atoms. The Kier molecular flexibility index (Phi) is 56.2. The van der Waals surface area contributed by atoms with Crippen LogP contribution in [0.1, 0.15) is 348 Å². The van der Waals surface area contributed by atoms with Crippen molar-refractivity contribution in [2.75, 3.05) is 13.2 Å². The standard InChI is InChI=1S/C62H118O6/c1-4-7-10-13-16-19-21-23-25-26-27-28-29-30-31-32-33-34-35-36-37-39-40-43-46-49-52-55-61(64)67-58-59(57-66-60(63)54-51-48-45-42-18-15-12-9-6-3)68-62(65)56-53-50-47-44-41-38-24-22-20-17-14-11-8-5-2/h26-27,59H,4-25,28-58H2,1-3H3/b27-26-. The van der Waals surface area contributed by atoms with Crippen LogP contribution < -0.4 is 0 Å². The first kappa shape index (κ1) is 66.2. The molecular weight excluding hydrogens is 841 g/mol. The van der Waals surface area contributed by atoms with Crippen LogP contribution in [0, 0.1) is 0 Å². The number of hydrogen-bond acceptors (Lipinski definition) is 6. The van der Waals surface area contributed by atoms with Gasteiger partial charge < -0.3 is 14.2 Å². The zero-order chi connectivity index (χ0) is 49.3. The molecule has 0 saturated heterocycles. The maximum absolute atomic E-state index is 12.8. The van der Waals surface area contributed by atoms with E-state index in [4.69, 9.17) is 14.2 Å². The van der Waals surface area contributed by atoms with Gasteiger partial charge in [-0.15, -0.1) is 0 Å². The number of carbonyl (C=O) groups is 3. The molecule has 0 heterocycles. The van der Waals surface area contributed by atoms with Gasteiger partial charge in [0.2, 0.25) is 0 Å². The molecule has 0 bridgehead atoms. The van der Waals surface area contributed by atoms with Crippen LogP contribution >= 0.6 is 0 Å². The number of ether oxygens (including phenoxy) is 3. The molecule has 0 rings (SSSR count). The van der Waals surface area contributed by atoms with E-state index >= 15 is 0 Å². The summed E-state index contributed by atoms with van der Waals surface area (Å²) in [5.74, 6) is -0.842. The van der Waals surface area contributed by atoms with Gasteiger partial charge in [0.05, 0.1) is 0 Å². The number of unbranched alkanes of at least 4 members (excludes halogenated alkanes) is 44. The lowest BCUT2D eigenvalue weighted by Gasteiger charge is -2.18. The average molecular weight is 960 g/mol. The van der Waals surface area contributed by atoms with Crippen molar-refractivity contribution in [1.29, 1.82) is 0 Å². The summed E-state index contributed by atoms with van der Waals surface area (Å²) in [4.78, 5) is 38.0. The van der Waals surface area contributed by atoms with Gasteiger partial charge in [0.1, 0.15) is 13.2 Å². The number of hydrogen-bond donors (Lipinski definition) is 0. The molecule has 0 aromatic carbocycles. The van der Waals surface area contributed by atoms with Crippen molar-refractivity contribution in [3.8, 4) is 0 Å². The molecule has 402 valence electrons. The fourth-order valence-corrected chi connectivity index (χ4v) is 9.38. The Balaban J connectivity index is 4.08. The lowest BCUT2D eigenvalue weighted by molar-refractivity contribution is -0.167. The fourth-order valence-electron chi connectivity index (χ4n) is 9.38. The summed E-state index contributed by atoms with van der Waals surface area (Å²) in [6, 6.07) is 0. The van der Waals surface area contributed by atoms with Crippen molar-refractivity contribution in [3.63, 3.8) is 0 Å². The molecule has 0 fully saturated rings. The molecule has 0 radical (unpaired) electrons. The molecule has 6 nitrogen and oxygen atoms in total. The van der Waals surface area contributed by atoms with Crippen molar-refractivity contribution in [3.05, 3.63) is 12.2 Å².